The number of aryl methyl sites for hydroxylation is 1. The molecule has 1 aliphatic rings. The predicted molar refractivity (Wildman–Crippen MR) is 85.0 cm³/mol. The fourth-order valence-corrected chi connectivity index (χ4v) is 2.47. The summed E-state index contributed by atoms with van der Waals surface area (Å²) in [6.45, 7) is 2.13. The summed E-state index contributed by atoms with van der Waals surface area (Å²) in [5.74, 6) is 1.11. The molecule has 0 saturated heterocycles. The van der Waals surface area contributed by atoms with Crippen LogP contribution in [0, 0.1) is 0 Å². The van der Waals surface area contributed by atoms with Crippen molar-refractivity contribution >= 4 is 17.6 Å². The molecule has 23 heavy (non-hydrogen) atoms. The Morgan fingerprint density at radius 1 is 1.30 bits per heavy atom. The lowest BCUT2D eigenvalue weighted by Crippen LogP contribution is -2.16. The van der Waals surface area contributed by atoms with Crippen molar-refractivity contribution in [3.05, 3.63) is 52.8 Å². The zero-order valence-electron chi connectivity index (χ0n) is 12.6. The van der Waals surface area contributed by atoms with E-state index >= 15 is 0 Å². The predicted octanol–water partition coefficient (Wildman–Crippen LogP) is 3.64. The van der Waals surface area contributed by atoms with Crippen LogP contribution in [0.2, 0.25) is 5.02 Å². The van der Waals surface area contributed by atoms with Gasteiger partial charge in [-0.05, 0) is 43.5 Å². The number of aromatic nitrogens is 1. The standard InChI is InChI=1S/C17H16ClNO4/c1-11(23-17(20)13-7-14(18)9-19-8-13)2-3-12-4-5-15-16(6-12)22-10-21-15/h4-9,11H,2-3,10H2,1H3. The summed E-state index contributed by atoms with van der Waals surface area (Å²) >= 11 is 5.82. The highest BCUT2D eigenvalue weighted by molar-refractivity contribution is 6.30. The van der Waals surface area contributed by atoms with Crippen LogP contribution in [0.15, 0.2) is 36.7 Å². The molecule has 0 N–H and O–H groups in total. The number of carbonyl (C=O) groups is 1. The Labute approximate surface area is 139 Å². The molecule has 0 saturated carbocycles. The van der Waals surface area contributed by atoms with Gasteiger partial charge in [-0.15, -0.1) is 0 Å². The van der Waals surface area contributed by atoms with Gasteiger partial charge in [0.15, 0.2) is 11.5 Å². The zero-order chi connectivity index (χ0) is 16.2. The van der Waals surface area contributed by atoms with Crippen molar-refractivity contribution < 1.29 is 19.0 Å². The Morgan fingerprint density at radius 3 is 2.96 bits per heavy atom. The molecule has 6 heteroatoms. The fraction of sp³-hybridized carbons (Fsp3) is 0.294. The van der Waals surface area contributed by atoms with Gasteiger partial charge in [-0.25, -0.2) is 4.79 Å². The molecule has 0 bridgehead atoms. The summed E-state index contributed by atoms with van der Waals surface area (Å²) in [6, 6.07) is 7.38. The van der Waals surface area contributed by atoms with E-state index in [1.807, 2.05) is 25.1 Å². The summed E-state index contributed by atoms with van der Waals surface area (Å²) in [7, 11) is 0. The summed E-state index contributed by atoms with van der Waals surface area (Å²) in [5, 5.41) is 0.410. The minimum absolute atomic E-state index is 0.216. The summed E-state index contributed by atoms with van der Waals surface area (Å²) in [4.78, 5) is 15.9. The first-order valence-electron chi connectivity index (χ1n) is 7.32. The molecule has 0 radical (unpaired) electrons. The topological polar surface area (TPSA) is 57.7 Å². The van der Waals surface area contributed by atoms with Gasteiger partial charge in [-0.2, -0.15) is 0 Å². The number of ether oxygens (including phenoxy) is 3. The monoisotopic (exact) mass is 333 g/mol. The van der Waals surface area contributed by atoms with Crippen molar-refractivity contribution in [2.75, 3.05) is 6.79 Å². The largest absolute Gasteiger partial charge is 0.459 e. The number of nitrogens with zero attached hydrogens (tertiary/aromatic N) is 1. The summed E-state index contributed by atoms with van der Waals surface area (Å²) in [5.41, 5.74) is 1.47. The van der Waals surface area contributed by atoms with Gasteiger partial charge < -0.3 is 14.2 Å². The molecule has 1 unspecified atom stereocenters. The summed E-state index contributed by atoms with van der Waals surface area (Å²) < 4.78 is 16.0. The molecule has 120 valence electrons. The number of hydrogen-bond donors (Lipinski definition) is 0. The van der Waals surface area contributed by atoms with E-state index < -0.39 is 5.97 Å². The van der Waals surface area contributed by atoms with Crippen LogP contribution in [0.25, 0.3) is 0 Å². The van der Waals surface area contributed by atoms with Crippen molar-refractivity contribution in [1.82, 2.24) is 4.98 Å². The van der Waals surface area contributed by atoms with E-state index in [4.69, 9.17) is 25.8 Å². The molecule has 2 heterocycles. The smallest absolute Gasteiger partial charge is 0.340 e. The number of fused-ring (bicyclic) bond motifs is 1. The fourth-order valence-electron chi connectivity index (χ4n) is 2.30. The van der Waals surface area contributed by atoms with Crippen molar-refractivity contribution in [2.24, 2.45) is 0 Å². The van der Waals surface area contributed by atoms with Gasteiger partial charge in [-0.1, -0.05) is 17.7 Å². The Bertz CT molecular complexity index is 719. The van der Waals surface area contributed by atoms with E-state index in [9.17, 15) is 4.79 Å². The Morgan fingerprint density at radius 2 is 2.13 bits per heavy atom. The first-order chi connectivity index (χ1) is 11.1. The SMILES string of the molecule is CC(CCc1ccc2c(c1)OCO2)OC(=O)c1cncc(Cl)c1. The van der Waals surface area contributed by atoms with Crippen LogP contribution in [0.4, 0.5) is 0 Å². The second kappa shape index (κ2) is 6.87. The zero-order valence-corrected chi connectivity index (χ0v) is 13.4. The van der Waals surface area contributed by atoms with Crippen LogP contribution < -0.4 is 9.47 Å². The number of rotatable bonds is 5. The Hall–Kier alpha value is -2.27. The molecule has 0 amide bonds. The maximum absolute atomic E-state index is 12.0. The van der Waals surface area contributed by atoms with Crippen LogP contribution in [0.3, 0.4) is 0 Å². The van der Waals surface area contributed by atoms with Crippen LogP contribution >= 0.6 is 11.6 Å². The van der Waals surface area contributed by atoms with E-state index in [1.54, 1.807) is 6.07 Å². The van der Waals surface area contributed by atoms with Gasteiger partial charge in [0.1, 0.15) is 0 Å². The van der Waals surface area contributed by atoms with Gasteiger partial charge in [-0.3, -0.25) is 4.98 Å². The third kappa shape index (κ3) is 3.93. The maximum Gasteiger partial charge on any atom is 0.340 e. The first-order valence-corrected chi connectivity index (χ1v) is 7.69. The highest BCUT2D eigenvalue weighted by Crippen LogP contribution is 2.32. The second-order valence-corrected chi connectivity index (χ2v) is 5.77. The third-order valence-corrected chi connectivity index (χ3v) is 3.73. The molecule has 3 rings (SSSR count). The Kier molecular flexibility index (Phi) is 4.67. The van der Waals surface area contributed by atoms with Crippen LogP contribution in [0.5, 0.6) is 11.5 Å². The van der Waals surface area contributed by atoms with Crippen molar-refractivity contribution in [3.8, 4) is 11.5 Å². The van der Waals surface area contributed by atoms with Gasteiger partial charge in [0.25, 0.3) is 0 Å². The van der Waals surface area contributed by atoms with Crippen molar-refractivity contribution in [1.29, 1.82) is 0 Å². The number of benzene rings is 1. The molecular weight excluding hydrogens is 318 g/mol. The molecule has 2 aromatic rings. The average Bonchev–Trinajstić information content (AvgIpc) is 3.00. The van der Waals surface area contributed by atoms with Crippen LogP contribution in [0.1, 0.15) is 29.3 Å². The van der Waals surface area contributed by atoms with Gasteiger partial charge in [0.2, 0.25) is 6.79 Å². The molecule has 5 nitrogen and oxygen atoms in total. The molecule has 0 aliphatic carbocycles. The number of hydrogen-bond acceptors (Lipinski definition) is 5. The van der Waals surface area contributed by atoms with Gasteiger partial charge in [0.05, 0.1) is 16.7 Å². The third-order valence-electron chi connectivity index (χ3n) is 3.53. The molecule has 1 aromatic carbocycles. The molecule has 1 atom stereocenters. The second-order valence-electron chi connectivity index (χ2n) is 5.33. The molecule has 1 aromatic heterocycles. The average molecular weight is 334 g/mol. The Balaban J connectivity index is 1.53. The number of pyridine rings is 1. The van der Waals surface area contributed by atoms with Gasteiger partial charge in [0, 0.05) is 12.4 Å². The van der Waals surface area contributed by atoms with Crippen molar-refractivity contribution in [2.45, 2.75) is 25.9 Å². The maximum atomic E-state index is 12.0. The molecular formula is C17H16ClNO4. The van der Waals surface area contributed by atoms with E-state index in [2.05, 4.69) is 4.98 Å². The minimum Gasteiger partial charge on any atom is -0.459 e. The lowest BCUT2D eigenvalue weighted by Gasteiger charge is -2.13. The van der Waals surface area contributed by atoms with Crippen LogP contribution in [-0.2, 0) is 11.2 Å². The number of carbonyl (C=O) groups excluding carboxylic acids is 1. The number of halogens is 1. The minimum atomic E-state index is -0.418. The van der Waals surface area contributed by atoms with Crippen molar-refractivity contribution in [3.63, 3.8) is 0 Å². The van der Waals surface area contributed by atoms with E-state index in [0.717, 1.165) is 23.5 Å². The normalized spacial score (nSPS) is 13.7. The molecule has 0 fully saturated rings. The molecule has 0 spiro atoms. The lowest BCUT2D eigenvalue weighted by molar-refractivity contribution is 0.0325. The highest BCUT2D eigenvalue weighted by atomic mass is 35.5. The highest BCUT2D eigenvalue weighted by Gasteiger charge is 2.15. The number of esters is 1. The van der Waals surface area contributed by atoms with E-state index in [-0.39, 0.29) is 12.9 Å². The van der Waals surface area contributed by atoms with E-state index in [0.29, 0.717) is 17.0 Å². The van der Waals surface area contributed by atoms with E-state index in [1.165, 1.54) is 12.4 Å². The first kappa shape index (κ1) is 15.6. The summed E-state index contributed by atoms with van der Waals surface area (Å²) in [6.07, 6.45) is 4.19. The molecule has 1 aliphatic heterocycles. The van der Waals surface area contributed by atoms with Crippen LogP contribution in [-0.4, -0.2) is 23.9 Å². The quantitative estimate of drug-likeness (QED) is 0.782. The van der Waals surface area contributed by atoms with Gasteiger partial charge >= 0.3 is 5.97 Å². The lowest BCUT2D eigenvalue weighted by atomic mass is 10.1.